The number of piperidine rings is 3. The van der Waals surface area contributed by atoms with Gasteiger partial charge in [0.2, 0.25) is 0 Å². The minimum Gasteiger partial charge on any atom is -0.497 e. The summed E-state index contributed by atoms with van der Waals surface area (Å²) in [5, 5.41) is 5.84. The number of aromatic nitrogens is 1. The van der Waals surface area contributed by atoms with Gasteiger partial charge in [-0.05, 0) is 72.3 Å². The predicted octanol–water partition coefficient (Wildman–Crippen LogP) is 7.79. The highest BCUT2D eigenvalue weighted by molar-refractivity contribution is 6.05. The Hall–Kier alpha value is -3.63. The van der Waals surface area contributed by atoms with Crippen molar-refractivity contribution in [2.45, 2.75) is 38.3 Å². The van der Waals surface area contributed by atoms with Crippen molar-refractivity contribution in [3.63, 3.8) is 0 Å². The number of hydrogen-bond donors (Lipinski definition) is 0. The van der Waals surface area contributed by atoms with Crippen molar-refractivity contribution in [1.82, 2.24) is 9.88 Å². The van der Waals surface area contributed by atoms with Gasteiger partial charge in [0, 0.05) is 34.5 Å². The van der Waals surface area contributed by atoms with Crippen molar-refractivity contribution in [1.29, 1.82) is 0 Å². The zero-order valence-electron chi connectivity index (χ0n) is 22.1. The molecule has 0 N–H and O–H groups in total. The number of nitrogens with zero attached hydrogens (tertiary/aromatic N) is 2. The first-order valence-corrected chi connectivity index (χ1v) is 14.0. The Balaban J connectivity index is 1.43. The smallest absolute Gasteiger partial charge is 0.140 e. The normalized spacial score (nSPS) is 23.6. The summed E-state index contributed by atoms with van der Waals surface area (Å²) in [4.78, 5) is 7.41. The number of pyridine rings is 1. The lowest BCUT2D eigenvalue weighted by Crippen LogP contribution is -2.56. The van der Waals surface area contributed by atoms with Crippen LogP contribution in [0.5, 0.6) is 11.5 Å². The monoisotopic (exact) mass is 502 g/mol. The highest BCUT2D eigenvalue weighted by atomic mass is 16.5. The standard InChI is InChI=1S/C34H34N2O2/c1-3-22-21-36-17-15-23(22)19-32(36)34(29-14-16-35-31-13-12-26(37-2)20-30(29)31)38-33-27-10-6-4-8-24(27)18-25-9-5-7-11-28(25)33/h4-14,16,18,20,22-23,32,34H,3,15,17,19,21H2,1-2H3/t22-,23-,32+,34-/m0/s1. The van der Waals surface area contributed by atoms with E-state index in [1.807, 2.05) is 12.3 Å². The molecule has 1 aromatic heterocycles. The topological polar surface area (TPSA) is 34.6 Å². The van der Waals surface area contributed by atoms with E-state index in [-0.39, 0.29) is 6.10 Å². The van der Waals surface area contributed by atoms with Crippen molar-refractivity contribution in [2.24, 2.45) is 11.8 Å². The van der Waals surface area contributed by atoms with Crippen LogP contribution in [-0.4, -0.2) is 36.1 Å². The third-order valence-electron chi connectivity index (χ3n) is 9.07. The van der Waals surface area contributed by atoms with Gasteiger partial charge in [-0.1, -0.05) is 61.9 Å². The summed E-state index contributed by atoms with van der Waals surface area (Å²) in [5.41, 5.74) is 2.17. The molecule has 1 unspecified atom stereocenters. The van der Waals surface area contributed by atoms with Gasteiger partial charge in [0.25, 0.3) is 0 Å². The molecule has 3 fully saturated rings. The van der Waals surface area contributed by atoms with Gasteiger partial charge >= 0.3 is 0 Å². The van der Waals surface area contributed by atoms with E-state index in [0.29, 0.717) is 6.04 Å². The largest absolute Gasteiger partial charge is 0.497 e. The second-order valence-corrected chi connectivity index (χ2v) is 11.0. The maximum Gasteiger partial charge on any atom is 0.140 e. The van der Waals surface area contributed by atoms with E-state index in [1.165, 1.54) is 35.6 Å². The Morgan fingerprint density at radius 1 is 0.921 bits per heavy atom. The molecule has 2 bridgehead atoms. The molecule has 0 spiro atoms. The van der Waals surface area contributed by atoms with Gasteiger partial charge in [0.1, 0.15) is 17.6 Å². The van der Waals surface area contributed by atoms with Gasteiger partial charge in [-0.15, -0.1) is 0 Å². The number of ether oxygens (including phenoxy) is 2. The third-order valence-corrected chi connectivity index (χ3v) is 9.07. The van der Waals surface area contributed by atoms with Crippen LogP contribution in [0.3, 0.4) is 0 Å². The fourth-order valence-electron chi connectivity index (χ4n) is 7.05. The maximum absolute atomic E-state index is 7.36. The number of fused-ring (bicyclic) bond motifs is 6. The second kappa shape index (κ2) is 9.59. The predicted molar refractivity (Wildman–Crippen MR) is 155 cm³/mol. The van der Waals surface area contributed by atoms with Crippen LogP contribution >= 0.6 is 0 Å². The summed E-state index contributed by atoms with van der Waals surface area (Å²) >= 11 is 0. The van der Waals surface area contributed by atoms with Crippen LogP contribution < -0.4 is 9.47 Å². The van der Waals surface area contributed by atoms with Crippen LogP contribution in [0.4, 0.5) is 0 Å². The van der Waals surface area contributed by atoms with Crippen molar-refractivity contribution in [3.8, 4) is 11.5 Å². The van der Waals surface area contributed by atoms with Crippen molar-refractivity contribution in [2.75, 3.05) is 20.2 Å². The zero-order chi connectivity index (χ0) is 25.6. The Morgan fingerprint density at radius 3 is 2.37 bits per heavy atom. The molecular formula is C34H34N2O2. The van der Waals surface area contributed by atoms with Crippen molar-refractivity contribution < 1.29 is 9.47 Å². The maximum atomic E-state index is 7.36. The molecule has 8 rings (SSSR count). The van der Waals surface area contributed by atoms with E-state index in [0.717, 1.165) is 58.1 Å². The first-order valence-electron chi connectivity index (χ1n) is 14.0. The molecule has 0 aliphatic carbocycles. The Morgan fingerprint density at radius 2 is 1.68 bits per heavy atom. The van der Waals surface area contributed by atoms with E-state index in [2.05, 4.69) is 84.6 Å². The average Bonchev–Trinajstić information content (AvgIpc) is 2.99. The van der Waals surface area contributed by atoms with Crippen LogP contribution in [0.25, 0.3) is 32.4 Å². The number of rotatable bonds is 6. The van der Waals surface area contributed by atoms with E-state index < -0.39 is 0 Å². The van der Waals surface area contributed by atoms with Gasteiger partial charge < -0.3 is 9.47 Å². The molecule has 4 heterocycles. The van der Waals surface area contributed by atoms with Crippen molar-refractivity contribution in [3.05, 3.63) is 90.6 Å². The highest BCUT2D eigenvalue weighted by Crippen LogP contribution is 2.46. The van der Waals surface area contributed by atoms with Gasteiger partial charge in [-0.2, -0.15) is 0 Å². The fraction of sp³-hybridized carbons (Fsp3) is 0.324. The Bertz CT molecular complexity index is 1580. The summed E-state index contributed by atoms with van der Waals surface area (Å²) in [6.45, 7) is 4.66. The molecule has 3 aliphatic heterocycles. The molecule has 3 aliphatic rings. The molecule has 4 aromatic carbocycles. The fourth-order valence-corrected chi connectivity index (χ4v) is 7.05. The van der Waals surface area contributed by atoms with Crippen LogP contribution in [0, 0.1) is 11.8 Å². The van der Waals surface area contributed by atoms with E-state index in [1.54, 1.807) is 7.11 Å². The van der Waals surface area contributed by atoms with Crippen LogP contribution in [0.1, 0.15) is 37.9 Å². The lowest BCUT2D eigenvalue weighted by atomic mass is 9.72. The first kappa shape index (κ1) is 23.5. The van der Waals surface area contributed by atoms with E-state index in [9.17, 15) is 0 Å². The number of benzene rings is 4. The molecule has 38 heavy (non-hydrogen) atoms. The number of methoxy groups -OCH3 is 1. The molecule has 4 nitrogen and oxygen atoms in total. The summed E-state index contributed by atoms with van der Waals surface area (Å²) in [5.74, 6) is 3.37. The summed E-state index contributed by atoms with van der Waals surface area (Å²) in [6.07, 6.45) is 5.53. The second-order valence-electron chi connectivity index (χ2n) is 11.0. The Labute approximate surface area is 224 Å². The quantitative estimate of drug-likeness (QED) is 0.222. The molecule has 0 saturated carbocycles. The molecular weight excluding hydrogens is 468 g/mol. The lowest BCUT2D eigenvalue weighted by molar-refractivity contribution is -0.0477. The van der Waals surface area contributed by atoms with Gasteiger partial charge in [-0.3, -0.25) is 9.88 Å². The minimum absolute atomic E-state index is 0.123. The van der Waals surface area contributed by atoms with Gasteiger partial charge in [0.15, 0.2) is 0 Å². The van der Waals surface area contributed by atoms with Crippen LogP contribution in [-0.2, 0) is 0 Å². The molecule has 5 aromatic rings. The number of hydrogen-bond acceptors (Lipinski definition) is 4. The van der Waals surface area contributed by atoms with Crippen LogP contribution in [0.15, 0.2) is 85.1 Å². The summed E-state index contributed by atoms with van der Waals surface area (Å²) in [6, 6.07) is 28.1. The first-order chi connectivity index (χ1) is 18.7. The molecule has 0 radical (unpaired) electrons. The zero-order valence-corrected chi connectivity index (χ0v) is 22.1. The van der Waals surface area contributed by atoms with Crippen molar-refractivity contribution >= 4 is 32.4 Å². The van der Waals surface area contributed by atoms with E-state index in [4.69, 9.17) is 14.5 Å². The Kier molecular flexibility index (Phi) is 5.93. The van der Waals surface area contributed by atoms with Gasteiger partial charge in [0.05, 0.1) is 18.7 Å². The lowest BCUT2D eigenvalue weighted by Gasteiger charge is -2.52. The van der Waals surface area contributed by atoms with Crippen LogP contribution in [0.2, 0.25) is 0 Å². The molecule has 4 heteroatoms. The van der Waals surface area contributed by atoms with Gasteiger partial charge in [-0.25, -0.2) is 0 Å². The third kappa shape index (κ3) is 3.90. The minimum atomic E-state index is -0.123. The average molecular weight is 503 g/mol. The molecule has 5 atom stereocenters. The van der Waals surface area contributed by atoms with E-state index >= 15 is 0 Å². The molecule has 192 valence electrons. The molecule has 0 amide bonds. The summed E-state index contributed by atoms with van der Waals surface area (Å²) in [7, 11) is 1.73. The summed E-state index contributed by atoms with van der Waals surface area (Å²) < 4.78 is 13.0. The highest BCUT2D eigenvalue weighted by Gasteiger charge is 2.44. The molecule has 3 saturated heterocycles. The SMILES string of the molecule is CC[C@H]1CN2CC[C@H]1C[C@@H]2[C@@H](Oc1c2ccccc2cc2ccccc12)c1ccnc2ccc(OC)cc12.